The molecule has 0 aromatic rings. The van der Waals surface area contributed by atoms with Gasteiger partial charge in [-0.3, -0.25) is 0 Å². The van der Waals surface area contributed by atoms with Crippen molar-refractivity contribution in [1.29, 1.82) is 0 Å². The molecule has 0 spiro atoms. The molecule has 3 atom stereocenters. The van der Waals surface area contributed by atoms with Crippen molar-refractivity contribution in [3.8, 4) is 0 Å². The van der Waals surface area contributed by atoms with Gasteiger partial charge in [0.25, 0.3) is 0 Å². The van der Waals surface area contributed by atoms with E-state index in [0.29, 0.717) is 24.2 Å². The quantitative estimate of drug-likeness (QED) is 0.831. The van der Waals surface area contributed by atoms with Crippen molar-refractivity contribution in [3.63, 3.8) is 0 Å². The molecule has 1 N–H and O–H groups in total. The van der Waals surface area contributed by atoms with Crippen LogP contribution in [0.2, 0.25) is 0 Å². The van der Waals surface area contributed by atoms with Gasteiger partial charge in [-0.15, -0.1) is 0 Å². The Hall–Kier alpha value is -0.120. The van der Waals surface area contributed by atoms with E-state index in [1.807, 2.05) is 0 Å². The summed E-state index contributed by atoms with van der Waals surface area (Å²) in [5, 5.41) is 3.56. The number of hydrogen-bond acceptors (Lipinski definition) is 3. The lowest BCUT2D eigenvalue weighted by molar-refractivity contribution is -0.129. The molecular formula is C16H33NO2. The Morgan fingerprint density at radius 1 is 1.16 bits per heavy atom. The number of nitrogens with one attached hydrogen (secondary N) is 1. The minimum atomic E-state index is 0.146. The van der Waals surface area contributed by atoms with Crippen molar-refractivity contribution in [2.45, 2.75) is 91.3 Å². The fourth-order valence-electron chi connectivity index (χ4n) is 2.55. The van der Waals surface area contributed by atoms with E-state index in [9.17, 15) is 0 Å². The van der Waals surface area contributed by atoms with Gasteiger partial charge < -0.3 is 14.8 Å². The van der Waals surface area contributed by atoms with Crippen molar-refractivity contribution in [2.75, 3.05) is 6.54 Å². The standard InChI is InChI=1S/C16H33NO2/c1-11(2)15(10-17-16(5,6)7)19-14-8-12(3)18-13(4)9-14/h11-15,17H,8-10H2,1-7H3. The van der Waals surface area contributed by atoms with Crippen LogP contribution in [0.15, 0.2) is 0 Å². The van der Waals surface area contributed by atoms with E-state index >= 15 is 0 Å². The highest BCUT2D eigenvalue weighted by Gasteiger charge is 2.28. The third kappa shape index (κ3) is 6.73. The van der Waals surface area contributed by atoms with Crippen LogP contribution in [0.25, 0.3) is 0 Å². The lowest BCUT2D eigenvalue weighted by atomic mass is 10.00. The summed E-state index contributed by atoms with van der Waals surface area (Å²) in [5.41, 5.74) is 0.146. The Morgan fingerprint density at radius 3 is 2.11 bits per heavy atom. The second-order valence-electron chi connectivity index (χ2n) is 7.40. The van der Waals surface area contributed by atoms with Gasteiger partial charge in [0.05, 0.1) is 24.4 Å². The summed E-state index contributed by atoms with van der Waals surface area (Å²) in [6, 6.07) is 0. The predicted molar refractivity (Wildman–Crippen MR) is 80.5 cm³/mol. The summed E-state index contributed by atoms with van der Waals surface area (Å²) in [4.78, 5) is 0. The Morgan fingerprint density at radius 2 is 1.68 bits per heavy atom. The molecule has 3 heteroatoms. The molecule has 1 aliphatic heterocycles. The highest BCUT2D eigenvalue weighted by Crippen LogP contribution is 2.24. The first-order valence-corrected chi connectivity index (χ1v) is 7.73. The number of hydrogen-bond donors (Lipinski definition) is 1. The Labute approximate surface area is 119 Å². The molecule has 0 amide bonds. The van der Waals surface area contributed by atoms with Crippen molar-refractivity contribution < 1.29 is 9.47 Å². The van der Waals surface area contributed by atoms with Gasteiger partial charge in [-0.2, -0.15) is 0 Å². The topological polar surface area (TPSA) is 30.5 Å². The monoisotopic (exact) mass is 271 g/mol. The van der Waals surface area contributed by atoms with Gasteiger partial charge in [0.2, 0.25) is 0 Å². The minimum absolute atomic E-state index is 0.146. The average molecular weight is 271 g/mol. The molecule has 1 aliphatic rings. The summed E-state index contributed by atoms with van der Waals surface area (Å²) in [6.45, 7) is 16.3. The molecule has 0 saturated carbocycles. The van der Waals surface area contributed by atoms with Gasteiger partial charge in [0.1, 0.15) is 0 Å². The second-order valence-corrected chi connectivity index (χ2v) is 7.40. The van der Waals surface area contributed by atoms with Gasteiger partial charge >= 0.3 is 0 Å². The Kier molecular flexibility index (Phi) is 6.28. The van der Waals surface area contributed by atoms with E-state index in [2.05, 4.69) is 53.8 Å². The zero-order valence-corrected chi connectivity index (χ0v) is 13.8. The smallest absolute Gasteiger partial charge is 0.0726 e. The van der Waals surface area contributed by atoms with Crippen LogP contribution in [0, 0.1) is 5.92 Å². The highest BCUT2D eigenvalue weighted by atomic mass is 16.5. The zero-order valence-electron chi connectivity index (χ0n) is 13.8. The largest absolute Gasteiger partial charge is 0.375 e. The second kappa shape index (κ2) is 7.05. The molecule has 0 aromatic carbocycles. The van der Waals surface area contributed by atoms with Crippen LogP contribution in [0.1, 0.15) is 61.3 Å². The lowest BCUT2D eigenvalue weighted by Crippen LogP contribution is -2.45. The van der Waals surface area contributed by atoms with Gasteiger partial charge in [-0.1, -0.05) is 13.8 Å². The van der Waals surface area contributed by atoms with Crippen LogP contribution in [-0.4, -0.2) is 36.5 Å². The van der Waals surface area contributed by atoms with Crippen LogP contribution >= 0.6 is 0 Å². The molecule has 0 radical (unpaired) electrons. The van der Waals surface area contributed by atoms with Crippen molar-refractivity contribution in [3.05, 3.63) is 0 Å². The molecule has 0 aromatic heterocycles. The lowest BCUT2D eigenvalue weighted by Gasteiger charge is -2.36. The molecular weight excluding hydrogens is 238 g/mol. The van der Waals surface area contributed by atoms with Crippen molar-refractivity contribution in [1.82, 2.24) is 5.32 Å². The number of rotatable bonds is 5. The van der Waals surface area contributed by atoms with Crippen LogP contribution in [0.4, 0.5) is 0 Å². The first kappa shape index (κ1) is 16.9. The molecule has 3 nitrogen and oxygen atoms in total. The number of ether oxygens (including phenoxy) is 2. The van der Waals surface area contributed by atoms with Crippen LogP contribution in [0.3, 0.4) is 0 Å². The molecule has 1 rings (SSSR count). The predicted octanol–water partition coefficient (Wildman–Crippen LogP) is 3.37. The fourth-order valence-corrected chi connectivity index (χ4v) is 2.55. The Bertz CT molecular complexity index is 250. The molecule has 0 aliphatic carbocycles. The minimum Gasteiger partial charge on any atom is -0.375 e. The normalized spacial score (nSPS) is 30.6. The first-order chi connectivity index (χ1) is 8.67. The highest BCUT2D eigenvalue weighted by molar-refractivity contribution is 4.79. The van der Waals surface area contributed by atoms with Gasteiger partial charge in [0, 0.05) is 12.1 Å². The maximum atomic E-state index is 6.35. The third-order valence-electron chi connectivity index (χ3n) is 3.60. The summed E-state index contributed by atoms with van der Waals surface area (Å²) < 4.78 is 12.1. The van der Waals surface area contributed by atoms with E-state index in [1.54, 1.807) is 0 Å². The van der Waals surface area contributed by atoms with E-state index in [-0.39, 0.29) is 11.6 Å². The summed E-state index contributed by atoms with van der Waals surface area (Å²) in [6.07, 6.45) is 3.29. The van der Waals surface area contributed by atoms with E-state index in [4.69, 9.17) is 9.47 Å². The first-order valence-electron chi connectivity index (χ1n) is 7.73. The van der Waals surface area contributed by atoms with E-state index in [1.165, 1.54) is 0 Å². The fraction of sp³-hybridized carbons (Fsp3) is 1.00. The zero-order chi connectivity index (χ0) is 14.6. The van der Waals surface area contributed by atoms with Gasteiger partial charge in [-0.05, 0) is 53.4 Å². The van der Waals surface area contributed by atoms with E-state index in [0.717, 1.165) is 19.4 Å². The molecule has 3 unspecified atom stereocenters. The van der Waals surface area contributed by atoms with Gasteiger partial charge in [0.15, 0.2) is 0 Å². The average Bonchev–Trinajstić information content (AvgIpc) is 2.20. The van der Waals surface area contributed by atoms with Crippen molar-refractivity contribution >= 4 is 0 Å². The third-order valence-corrected chi connectivity index (χ3v) is 3.60. The molecule has 0 bridgehead atoms. The maximum Gasteiger partial charge on any atom is 0.0726 e. The van der Waals surface area contributed by atoms with Crippen LogP contribution in [0.5, 0.6) is 0 Å². The summed E-state index contributed by atoms with van der Waals surface area (Å²) in [7, 11) is 0. The maximum absolute atomic E-state index is 6.35. The molecule has 114 valence electrons. The van der Waals surface area contributed by atoms with Crippen LogP contribution in [-0.2, 0) is 9.47 Å². The van der Waals surface area contributed by atoms with Gasteiger partial charge in [-0.25, -0.2) is 0 Å². The molecule has 1 fully saturated rings. The molecule has 1 heterocycles. The Balaban J connectivity index is 2.48. The molecule has 19 heavy (non-hydrogen) atoms. The summed E-state index contributed by atoms with van der Waals surface area (Å²) >= 11 is 0. The molecule has 1 saturated heterocycles. The van der Waals surface area contributed by atoms with Crippen LogP contribution < -0.4 is 5.32 Å². The SMILES string of the molecule is CC1CC(OC(CNC(C)(C)C)C(C)C)CC(C)O1. The van der Waals surface area contributed by atoms with E-state index < -0.39 is 0 Å². The van der Waals surface area contributed by atoms with Crippen molar-refractivity contribution in [2.24, 2.45) is 5.92 Å². The summed E-state index contributed by atoms with van der Waals surface area (Å²) in [5.74, 6) is 0.531.